The number of aromatic nitrogens is 3. The molecule has 21 heavy (non-hydrogen) atoms. The molecule has 3 rings (SSSR count). The minimum Gasteiger partial charge on any atom is -0.290 e. The molecule has 0 spiro atoms. The van der Waals surface area contributed by atoms with Crippen LogP contribution >= 0.6 is 11.6 Å². The number of hydrogen-bond acceptors (Lipinski definition) is 2. The number of aromatic amines is 1. The first-order valence-electron chi connectivity index (χ1n) is 6.64. The second-order valence-corrected chi connectivity index (χ2v) is 5.17. The summed E-state index contributed by atoms with van der Waals surface area (Å²) in [7, 11) is 0. The summed E-state index contributed by atoms with van der Waals surface area (Å²) in [5.74, 6) is -0.319. The van der Waals surface area contributed by atoms with Crippen molar-refractivity contribution < 1.29 is 4.39 Å². The molecule has 4 nitrogen and oxygen atoms in total. The lowest BCUT2D eigenvalue weighted by atomic mass is 10.1. The zero-order valence-corrected chi connectivity index (χ0v) is 12.1. The summed E-state index contributed by atoms with van der Waals surface area (Å²) in [5.41, 5.74) is 2.36. The highest BCUT2D eigenvalue weighted by atomic mass is 35.5. The summed E-state index contributed by atoms with van der Waals surface area (Å²) in [6.07, 6.45) is 2.30. The van der Waals surface area contributed by atoms with Gasteiger partial charge in [0.2, 0.25) is 0 Å². The van der Waals surface area contributed by atoms with Crippen molar-refractivity contribution in [1.82, 2.24) is 14.5 Å². The Morgan fingerprint density at radius 1 is 1.33 bits per heavy atom. The van der Waals surface area contributed by atoms with Crippen molar-refractivity contribution in [2.45, 2.75) is 19.9 Å². The molecular weight excluding hydrogens is 293 g/mol. The van der Waals surface area contributed by atoms with E-state index in [1.54, 1.807) is 16.7 Å². The Hall–Kier alpha value is -2.14. The van der Waals surface area contributed by atoms with Gasteiger partial charge in [-0.3, -0.25) is 9.55 Å². The second kappa shape index (κ2) is 5.33. The maximum absolute atomic E-state index is 13.1. The molecule has 0 aliphatic heterocycles. The molecule has 0 bridgehead atoms. The molecule has 0 fully saturated rings. The Labute approximate surface area is 125 Å². The number of nitrogens with zero attached hydrogens (tertiary/aromatic N) is 2. The Kier molecular flexibility index (Phi) is 3.51. The van der Waals surface area contributed by atoms with Crippen LogP contribution in [0.3, 0.4) is 0 Å². The van der Waals surface area contributed by atoms with Gasteiger partial charge in [0, 0.05) is 18.3 Å². The Morgan fingerprint density at radius 3 is 2.71 bits per heavy atom. The third-order valence-electron chi connectivity index (χ3n) is 3.33. The predicted molar refractivity (Wildman–Crippen MR) is 81.0 cm³/mol. The van der Waals surface area contributed by atoms with E-state index in [4.69, 9.17) is 11.6 Å². The molecule has 0 radical (unpaired) electrons. The molecule has 108 valence electrons. The fourth-order valence-electron chi connectivity index (χ4n) is 2.43. The van der Waals surface area contributed by atoms with Crippen LogP contribution in [-0.4, -0.2) is 14.5 Å². The number of H-pyrrole nitrogens is 1. The number of imidazole rings is 1. The quantitative estimate of drug-likeness (QED) is 0.804. The standard InChI is InChI=1S/C15H13ClFN3O/c1-2-7-20-13-12(9-3-5-10(17)6-4-9)11(16)8-18-14(13)19-15(20)21/h3-6,8H,2,7H2,1H3,(H,18,19,21). The van der Waals surface area contributed by atoms with Crippen molar-refractivity contribution in [2.75, 3.05) is 0 Å². The van der Waals surface area contributed by atoms with E-state index >= 15 is 0 Å². The summed E-state index contributed by atoms with van der Waals surface area (Å²) < 4.78 is 14.7. The Bertz CT molecular complexity index is 852. The third-order valence-corrected chi connectivity index (χ3v) is 3.61. The van der Waals surface area contributed by atoms with E-state index in [0.717, 1.165) is 12.0 Å². The van der Waals surface area contributed by atoms with E-state index in [1.165, 1.54) is 18.3 Å². The van der Waals surface area contributed by atoms with Crippen molar-refractivity contribution in [2.24, 2.45) is 0 Å². The smallest absolute Gasteiger partial charge is 0.290 e. The van der Waals surface area contributed by atoms with Gasteiger partial charge in [-0.25, -0.2) is 14.2 Å². The highest BCUT2D eigenvalue weighted by Crippen LogP contribution is 2.33. The molecule has 0 aliphatic rings. The summed E-state index contributed by atoms with van der Waals surface area (Å²) in [6.45, 7) is 2.55. The van der Waals surface area contributed by atoms with Crippen molar-refractivity contribution in [3.63, 3.8) is 0 Å². The van der Waals surface area contributed by atoms with E-state index < -0.39 is 0 Å². The molecular formula is C15H13ClFN3O. The van der Waals surface area contributed by atoms with E-state index in [0.29, 0.717) is 28.3 Å². The number of halogens is 2. The predicted octanol–water partition coefficient (Wildman–Crippen LogP) is 3.59. The van der Waals surface area contributed by atoms with Gasteiger partial charge in [0.1, 0.15) is 5.82 Å². The maximum Gasteiger partial charge on any atom is 0.327 e. The van der Waals surface area contributed by atoms with Crippen molar-refractivity contribution in [3.8, 4) is 11.1 Å². The lowest BCUT2D eigenvalue weighted by Crippen LogP contribution is -2.16. The molecule has 0 aliphatic carbocycles. The van der Waals surface area contributed by atoms with Crippen LogP contribution in [-0.2, 0) is 6.54 Å². The van der Waals surface area contributed by atoms with Crippen molar-refractivity contribution in [1.29, 1.82) is 0 Å². The first-order valence-corrected chi connectivity index (χ1v) is 7.02. The van der Waals surface area contributed by atoms with E-state index in [2.05, 4.69) is 9.97 Å². The van der Waals surface area contributed by atoms with Gasteiger partial charge >= 0.3 is 5.69 Å². The van der Waals surface area contributed by atoms with Gasteiger partial charge in [0.15, 0.2) is 5.65 Å². The van der Waals surface area contributed by atoms with Crippen molar-refractivity contribution in [3.05, 3.63) is 51.8 Å². The number of pyridine rings is 1. The van der Waals surface area contributed by atoms with Gasteiger partial charge in [0.05, 0.1) is 10.5 Å². The average Bonchev–Trinajstić information content (AvgIpc) is 2.78. The normalized spacial score (nSPS) is 11.2. The SMILES string of the molecule is CCCn1c(=O)[nH]c2ncc(Cl)c(-c3ccc(F)cc3)c21. The third kappa shape index (κ3) is 2.34. The van der Waals surface area contributed by atoms with Gasteiger partial charge in [-0.2, -0.15) is 0 Å². The summed E-state index contributed by atoms with van der Waals surface area (Å²) in [5, 5.41) is 0.429. The van der Waals surface area contributed by atoms with E-state index in [9.17, 15) is 9.18 Å². The van der Waals surface area contributed by atoms with Crippen molar-refractivity contribution >= 4 is 22.8 Å². The second-order valence-electron chi connectivity index (χ2n) is 4.77. The van der Waals surface area contributed by atoms with E-state index in [1.807, 2.05) is 6.92 Å². The number of nitrogens with one attached hydrogen (secondary N) is 1. The monoisotopic (exact) mass is 305 g/mol. The minimum absolute atomic E-state index is 0.218. The van der Waals surface area contributed by atoms with Crippen LogP contribution in [0.5, 0.6) is 0 Å². The fourth-order valence-corrected chi connectivity index (χ4v) is 2.68. The number of rotatable bonds is 3. The van der Waals surface area contributed by atoms with E-state index in [-0.39, 0.29) is 11.5 Å². The molecule has 0 saturated heterocycles. The number of fused-ring (bicyclic) bond motifs is 1. The van der Waals surface area contributed by atoms with Crippen LogP contribution in [0.15, 0.2) is 35.3 Å². The lowest BCUT2D eigenvalue weighted by Gasteiger charge is -2.09. The zero-order chi connectivity index (χ0) is 15.0. The molecule has 0 saturated carbocycles. The lowest BCUT2D eigenvalue weighted by molar-refractivity contribution is 0.628. The largest absolute Gasteiger partial charge is 0.327 e. The highest BCUT2D eigenvalue weighted by Gasteiger charge is 2.16. The van der Waals surface area contributed by atoms with Crippen LogP contribution in [0.25, 0.3) is 22.3 Å². The van der Waals surface area contributed by atoms with Gasteiger partial charge in [-0.05, 0) is 24.1 Å². The van der Waals surface area contributed by atoms with Crippen LogP contribution < -0.4 is 5.69 Å². The molecule has 0 atom stereocenters. The highest BCUT2D eigenvalue weighted by molar-refractivity contribution is 6.34. The maximum atomic E-state index is 13.1. The molecule has 2 aromatic heterocycles. The van der Waals surface area contributed by atoms with Crippen LogP contribution in [0, 0.1) is 5.82 Å². The first-order chi connectivity index (χ1) is 10.1. The average molecular weight is 306 g/mol. The Balaban J connectivity index is 2.37. The summed E-state index contributed by atoms with van der Waals surface area (Å²) >= 11 is 6.27. The molecule has 6 heteroatoms. The summed E-state index contributed by atoms with van der Waals surface area (Å²) in [4.78, 5) is 18.9. The molecule has 0 unspecified atom stereocenters. The number of benzene rings is 1. The molecule has 1 aromatic carbocycles. The number of aryl methyl sites for hydroxylation is 1. The topological polar surface area (TPSA) is 50.7 Å². The van der Waals surface area contributed by atoms with Crippen LogP contribution in [0.4, 0.5) is 4.39 Å². The van der Waals surface area contributed by atoms with Gasteiger partial charge < -0.3 is 0 Å². The minimum atomic E-state index is -0.319. The Morgan fingerprint density at radius 2 is 2.05 bits per heavy atom. The first kappa shape index (κ1) is 13.8. The molecule has 1 N–H and O–H groups in total. The van der Waals surface area contributed by atoms with Gasteiger partial charge in [0.25, 0.3) is 0 Å². The zero-order valence-electron chi connectivity index (χ0n) is 11.4. The molecule has 0 amide bonds. The van der Waals surface area contributed by atoms with Crippen LogP contribution in [0.1, 0.15) is 13.3 Å². The van der Waals surface area contributed by atoms with Gasteiger partial charge in [-0.15, -0.1) is 0 Å². The fraction of sp³-hybridized carbons (Fsp3) is 0.200. The molecule has 3 aromatic rings. The van der Waals surface area contributed by atoms with Gasteiger partial charge in [-0.1, -0.05) is 30.7 Å². The van der Waals surface area contributed by atoms with Crippen LogP contribution in [0.2, 0.25) is 5.02 Å². The number of hydrogen-bond donors (Lipinski definition) is 1. The summed E-state index contributed by atoms with van der Waals surface area (Å²) in [6, 6.07) is 6.02. The molecule has 2 heterocycles.